The predicted octanol–water partition coefficient (Wildman–Crippen LogP) is 3.27. The first-order chi connectivity index (χ1) is 5.89. The van der Waals surface area contributed by atoms with Crippen LogP contribution in [0.1, 0.15) is 51.4 Å². The van der Waals surface area contributed by atoms with Crippen molar-refractivity contribution in [1.82, 2.24) is 4.31 Å². The van der Waals surface area contributed by atoms with Crippen LogP contribution in [0.25, 0.3) is 0 Å². The molecule has 0 aromatic rings. The first kappa shape index (κ1) is 10.4. The molecule has 0 atom stereocenters. The molecule has 0 unspecified atom stereocenters. The molecule has 0 radical (unpaired) electrons. The minimum atomic E-state index is 1.18. The van der Waals surface area contributed by atoms with Gasteiger partial charge in [0.1, 0.15) is 0 Å². The van der Waals surface area contributed by atoms with Crippen LogP contribution in [-0.4, -0.2) is 17.4 Å². The average Bonchev–Trinajstić information content (AvgIpc) is 2.11. The summed E-state index contributed by atoms with van der Waals surface area (Å²) in [6.07, 6.45) is 11.2. The van der Waals surface area contributed by atoms with E-state index in [0.29, 0.717) is 0 Å². The van der Waals surface area contributed by atoms with E-state index >= 15 is 0 Å². The van der Waals surface area contributed by atoms with E-state index in [2.05, 4.69) is 17.1 Å². The van der Waals surface area contributed by atoms with E-state index in [-0.39, 0.29) is 0 Å². The van der Waals surface area contributed by atoms with Crippen LogP contribution >= 0.6 is 12.8 Å². The van der Waals surface area contributed by atoms with Crippen LogP contribution in [0.2, 0.25) is 0 Å². The second-order valence-corrected chi connectivity index (χ2v) is 4.35. The molecule has 1 aliphatic rings. The van der Waals surface area contributed by atoms with Gasteiger partial charge in [-0.3, -0.25) is 4.31 Å². The molecule has 1 rings (SSSR count). The summed E-state index contributed by atoms with van der Waals surface area (Å²) in [5, 5.41) is 0. The minimum absolute atomic E-state index is 1.18. The molecular weight excluding hydrogens is 166 g/mol. The highest BCUT2D eigenvalue weighted by atomic mass is 32.1. The molecule has 0 aromatic carbocycles. The third kappa shape index (κ3) is 5.04. The summed E-state index contributed by atoms with van der Waals surface area (Å²) in [4.78, 5) is 0. The molecule has 1 heterocycles. The summed E-state index contributed by atoms with van der Waals surface area (Å²) in [6.45, 7) is 2.37. The lowest BCUT2D eigenvalue weighted by atomic mass is 10.1. The van der Waals surface area contributed by atoms with Gasteiger partial charge in [-0.15, -0.1) is 0 Å². The monoisotopic (exact) mass is 187 g/mol. The van der Waals surface area contributed by atoms with E-state index in [0.717, 1.165) is 0 Å². The number of rotatable bonds is 0. The zero-order chi connectivity index (χ0) is 8.65. The second-order valence-electron chi connectivity index (χ2n) is 3.78. The Labute approximate surface area is 82.1 Å². The fourth-order valence-corrected chi connectivity index (χ4v) is 2.04. The predicted molar refractivity (Wildman–Crippen MR) is 57.5 cm³/mol. The summed E-state index contributed by atoms with van der Waals surface area (Å²) in [5.41, 5.74) is 0. The molecule has 0 saturated carbocycles. The Balaban J connectivity index is 2.13. The molecule has 0 aliphatic carbocycles. The van der Waals surface area contributed by atoms with Crippen LogP contribution in [-0.2, 0) is 0 Å². The van der Waals surface area contributed by atoms with Crippen LogP contribution in [0.4, 0.5) is 0 Å². The van der Waals surface area contributed by atoms with Gasteiger partial charge in [-0.2, -0.15) is 0 Å². The highest BCUT2D eigenvalue weighted by molar-refractivity contribution is 7.77. The maximum Gasteiger partial charge on any atom is 0.00869 e. The van der Waals surface area contributed by atoms with Crippen molar-refractivity contribution in [2.45, 2.75) is 51.4 Å². The minimum Gasteiger partial charge on any atom is -0.253 e. The number of hydrogen-bond acceptors (Lipinski definition) is 2. The highest BCUT2D eigenvalue weighted by Gasteiger charge is 2.01. The van der Waals surface area contributed by atoms with Crippen molar-refractivity contribution in [3.8, 4) is 0 Å². The average molecular weight is 187 g/mol. The van der Waals surface area contributed by atoms with Gasteiger partial charge in [0.05, 0.1) is 0 Å². The molecule has 12 heavy (non-hydrogen) atoms. The van der Waals surface area contributed by atoms with Crippen molar-refractivity contribution in [1.29, 1.82) is 0 Å². The van der Waals surface area contributed by atoms with Gasteiger partial charge in [0.15, 0.2) is 0 Å². The first-order valence-electron chi connectivity index (χ1n) is 5.33. The van der Waals surface area contributed by atoms with Gasteiger partial charge in [-0.1, -0.05) is 51.3 Å². The van der Waals surface area contributed by atoms with Gasteiger partial charge in [-0.05, 0) is 12.8 Å². The summed E-state index contributed by atoms with van der Waals surface area (Å²) in [6, 6.07) is 0. The van der Waals surface area contributed by atoms with Crippen LogP contribution in [0.15, 0.2) is 0 Å². The number of hydrogen-bond donors (Lipinski definition) is 1. The van der Waals surface area contributed by atoms with E-state index in [4.69, 9.17) is 0 Å². The van der Waals surface area contributed by atoms with E-state index < -0.39 is 0 Å². The third-order valence-electron chi connectivity index (χ3n) is 2.58. The van der Waals surface area contributed by atoms with E-state index in [1.165, 1.54) is 64.5 Å². The Bertz CT molecular complexity index is 94.0. The summed E-state index contributed by atoms with van der Waals surface area (Å²) in [7, 11) is 0. The Morgan fingerprint density at radius 1 is 0.583 bits per heavy atom. The van der Waals surface area contributed by atoms with Crippen molar-refractivity contribution < 1.29 is 0 Å². The molecule has 0 aromatic heterocycles. The van der Waals surface area contributed by atoms with Crippen LogP contribution in [0.5, 0.6) is 0 Å². The molecular formula is C10H21NS. The van der Waals surface area contributed by atoms with E-state index in [9.17, 15) is 0 Å². The zero-order valence-electron chi connectivity index (χ0n) is 7.97. The molecule has 0 N–H and O–H groups in total. The summed E-state index contributed by atoms with van der Waals surface area (Å²) >= 11 is 4.43. The van der Waals surface area contributed by atoms with Crippen LogP contribution in [0.3, 0.4) is 0 Å². The zero-order valence-corrected chi connectivity index (χ0v) is 8.86. The highest BCUT2D eigenvalue weighted by Crippen LogP contribution is 2.12. The quantitative estimate of drug-likeness (QED) is 0.570. The Morgan fingerprint density at radius 2 is 0.917 bits per heavy atom. The fourth-order valence-electron chi connectivity index (χ4n) is 1.76. The van der Waals surface area contributed by atoms with Crippen molar-refractivity contribution in [2.24, 2.45) is 0 Å². The van der Waals surface area contributed by atoms with Gasteiger partial charge in [0.2, 0.25) is 0 Å². The molecule has 2 heteroatoms. The van der Waals surface area contributed by atoms with Gasteiger partial charge < -0.3 is 0 Å². The third-order valence-corrected chi connectivity index (χ3v) is 2.98. The van der Waals surface area contributed by atoms with E-state index in [1.807, 2.05) is 0 Å². The molecule has 1 aliphatic heterocycles. The Morgan fingerprint density at radius 3 is 1.33 bits per heavy atom. The second kappa shape index (κ2) is 6.79. The van der Waals surface area contributed by atoms with E-state index in [1.54, 1.807) is 0 Å². The molecule has 1 nitrogen and oxygen atoms in total. The number of nitrogens with zero attached hydrogens (tertiary/aromatic N) is 1. The molecule has 1 saturated heterocycles. The lowest BCUT2D eigenvalue weighted by molar-refractivity contribution is 0.443. The summed E-state index contributed by atoms with van der Waals surface area (Å²) in [5.74, 6) is 0. The van der Waals surface area contributed by atoms with Crippen molar-refractivity contribution in [3.05, 3.63) is 0 Å². The standard InChI is InChI=1S/C10H21NS/c12-11-9-7-5-3-1-2-4-6-8-10-11/h12H,1-10H2. The van der Waals surface area contributed by atoms with Gasteiger partial charge >= 0.3 is 0 Å². The maximum atomic E-state index is 4.43. The number of thiol groups is 1. The molecule has 72 valence electrons. The van der Waals surface area contributed by atoms with Gasteiger partial charge in [0, 0.05) is 13.1 Å². The van der Waals surface area contributed by atoms with Crippen molar-refractivity contribution in [2.75, 3.05) is 13.1 Å². The lowest BCUT2D eigenvalue weighted by Gasteiger charge is -2.13. The molecule has 1 fully saturated rings. The van der Waals surface area contributed by atoms with Crippen molar-refractivity contribution in [3.63, 3.8) is 0 Å². The normalized spacial score (nSPS) is 24.8. The van der Waals surface area contributed by atoms with Crippen LogP contribution in [0, 0.1) is 0 Å². The van der Waals surface area contributed by atoms with Gasteiger partial charge in [-0.25, -0.2) is 0 Å². The Kier molecular flexibility index (Phi) is 5.88. The molecule has 0 amide bonds. The van der Waals surface area contributed by atoms with Crippen molar-refractivity contribution >= 4 is 12.8 Å². The summed E-state index contributed by atoms with van der Waals surface area (Å²) < 4.78 is 2.19. The topological polar surface area (TPSA) is 3.24 Å². The fraction of sp³-hybridized carbons (Fsp3) is 1.00. The lowest BCUT2D eigenvalue weighted by Crippen LogP contribution is -2.14. The first-order valence-corrected chi connectivity index (χ1v) is 5.73. The van der Waals surface area contributed by atoms with Crippen LogP contribution < -0.4 is 0 Å². The van der Waals surface area contributed by atoms with Gasteiger partial charge in [0.25, 0.3) is 0 Å². The molecule has 0 bridgehead atoms. The molecule has 0 spiro atoms. The smallest absolute Gasteiger partial charge is 0.00869 e. The Hall–Kier alpha value is 0.310. The largest absolute Gasteiger partial charge is 0.253 e. The maximum absolute atomic E-state index is 4.43. The SMILES string of the molecule is SN1CCCCCCCCCC1.